The predicted octanol–water partition coefficient (Wildman–Crippen LogP) is 3.62. The largest absolute Gasteiger partial charge is 0.341 e. The SMILES string of the molecule is Cc1ccc(/C=c2\s/c(=C\C(=O)c3cccc(Cl)c3)n(CC(=O)N3CCC(C)CC3)c2=O)cc1. The maximum atomic E-state index is 13.3. The maximum absolute atomic E-state index is 13.3. The predicted molar refractivity (Wildman–Crippen MR) is 138 cm³/mol. The normalized spacial score (nSPS) is 15.7. The van der Waals surface area contributed by atoms with Crippen molar-refractivity contribution in [3.8, 4) is 0 Å². The van der Waals surface area contributed by atoms with Gasteiger partial charge in [-0.1, -0.05) is 60.5 Å². The van der Waals surface area contributed by atoms with Gasteiger partial charge in [0, 0.05) is 29.8 Å². The number of rotatable bonds is 5. The Hall–Kier alpha value is -2.96. The first-order valence-electron chi connectivity index (χ1n) is 11.4. The van der Waals surface area contributed by atoms with Gasteiger partial charge in [-0.15, -0.1) is 11.3 Å². The van der Waals surface area contributed by atoms with E-state index < -0.39 is 0 Å². The van der Waals surface area contributed by atoms with Crippen molar-refractivity contribution in [2.75, 3.05) is 13.1 Å². The lowest BCUT2D eigenvalue weighted by Crippen LogP contribution is -2.43. The standard InChI is InChI=1S/C27H27ClN2O3S/c1-18-6-8-20(9-7-18)14-24-27(33)30(17-25(32)29-12-10-19(2)11-13-29)26(34-24)16-23(31)21-4-3-5-22(28)15-21/h3-9,14-16,19H,10-13,17H2,1-2H3/b24-14-,26-16-. The van der Waals surface area contributed by atoms with Crippen LogP contribution < -0.4 is 14.8 Å². The third-order valence-corrected chi connectivity index (χ3v) is 7.40. The van der Waals surface area contributed by atoms with Crippen LogP contribution in [0.2, 0.25) is 5.02 Å². The number of hydrogen-bond acceptors (Lipinski definition) is 4. The Bertz CT molecular complexity index is 1380. The molecule has 0 N–H and O–H groups in total. The molecule has 176 valence electrons. The molecule has 0 atom stereocenters. The van der Waals surface area contributed by atoms with E-state index in [0.717, 1.165) is 24.0 Å². The lowest BCUT2D eigenvalue weighted by molar-refractivity contribution is -0.133. The second-order valence-electron chi connectivity index (χ2n) is 8.83. The van der Waals surface area contributed by atoms with Crippen LogP contribution in [-0.2, 0) is 11.3 Å². The summed E-state index contributed by atoms with van der Waals surface area (Å²) < 4.78 is 2.36. The van der Waals surface area contributed by atoms with E-state index in [2.05, 4.69) is 6.92 Å². The number of halogens is 1. The van der Waals surface area contributed by atoms with E-state index >= 15 is 0 Å². The van der Waals surface area contributed by atoms with Crippen molar-refractivity contribution in [3.05, 3.63) is 89.8 Å². The van der Waals surface area contributed by atoms with E-state index in [1.807, 2.05) is 36.1 Å². The highest BCUT2D eigenvalue weighted by Gasteiger charge is 2.21. The molecule has 34 heavy (non-hydrogen) atoms. The zero-order valence-electron chi connectivity index (χ0n) is 19.3. The summed E-state index contributed by atoms with van der Waals surface area (Å²) >= 11 is 7.26. The Morgan fingerprint density at radius 3 is 2.50 bits per heavy atom. The third kappa shape index (κ3) is 5.75. The molecule has 0 unspecified atom stereocenters. The smallest absolute Gasteiger partial charge is 0.269 e. The number of nitrogens with zero attached hydrogens (tertiary/aromatic N) is 2. The molecule has 1 saturated heterocycles. The van der Waals surface area contributed by atoms with Gasteiger partial charge in [-0.25, -0.2) is 0 Å². The average Bonchev–Trinajstić information content (AvgIpc) is 3.09. The highest BCUT2D eigenvalue weighted by Crippen LogP contribution is 2.16. The lowest BCUT2D eigenvalue weighted by atomic mass is 9.99. The third-order valence-electron chi connectivity index (χ3n) is 6.11. The van der Waals surface area contributed by atoms with Crippen molar-refractivity contribution in [1.29, 1.82) is 0 Å². The van der Waals surface area contributed by atoms with Gasteiger partial charge < -0.3 is 4.90 Å². The summed E-state index contributed by atoms with van der Waals surface area (Å²) in [5.41, 5.74) is 2.18. The Balaban J connectivity index is 1.75. The number of thiazole rings is 1. The summed E-state index contributed by atoms with van der Waals surface area (Å²) in [7, 11) is 0. The van der Waals surface area contributed by atoms with E-state index in [-0.39, 0.29) is 23.8 Å². The van der Waals surface area contributed by atoms with Crippen LogP contribution in [0, 0.1) is 12.8 Å². The molecule has 7 heteroatoms. The number of carbonyl (C=O) groups is 2. The second kappa shape index (κ2) is 10.5. The van der Waals surface area contributed by atoms with Crippen LogP contribution >= 0.6 is 22.9 Å². The molecule has 1 aliphatic rings. The second-order valence-corrected chi connectivity index (χ2v) is 10.3. The molecule has 1 aromatic heterocycles. The summed E-state index contributed by atoms with van der Waals surface area (Å²) in [5.74, 6) is 0.236. The molecule has 0 bridgehead atoms. The number of carbonyl (C=O) groups excluding carboxylic acids is 2. The van der Waals surface area contributed by atoms with Crippen molar-refractivity contribution in [2.24, 2.45) is 5.92 Å². The molecule has 1 fully saturated rings. The summed E-state index contributed by atoms with van der Waals surface area (Å²) in [5, 5.41) is 0.464. The van der Waals surface area contributed by atoms with Crippen molar-refractivity contribution in [2.45, 2.75) is 33.2 Å². The molecule has 4 rings (SSSR count). The summed E-state index contributed by atoms with van der Waals surface area (Å²) in [4.78, 5) is 41.1. The average molecular weight is 495 g/mol. The molecule has 0 aliphatic carbocycles. The Labute approximate surface area is 207 Å². The number of likely N-dealkylation sites (tertiary alicyclic amines) is 1. The van der Waals surface area contributed by atoms with Gasteiger partial charge in [0.15, 0.2) is 5.78 Å². The van der Waals surface area contributed by atoms with Gasteiger partial charge in [0.05, 0.1) is 4.53 Å². The Morgan fingerprint density at radius 1 is 1.12 bits per heavy atom. The Kier molecular flexibility index (Phi) is 7.49. The zero-order chi connectivity index (χ0) is 24.2. The number of aromatic nitrogens is 1. The first-order valence-corrected chi connectivity index (χ1v) is 12.6. The van der Waals surface area contributed by atoms with E-state index in [4.69, 9.17) is 11.6 Å². The minimum Gasteiger partial charge on any atom is -0.341 e. The van der Waals surface area contributed by atoms with Gasteiger partial charge >= 0.3 is 0 Å². The molecule has 1 amide bonds. The number of aryl methyl sites for hydroxylation is 1. The van der Waals surface area contributed by atoms with Crippen molar-refractivity contribution in [1.82, 2.24) is 9.47 Å². The fraction of sp³-hybridized carbons (Fsp3) is 0.296. The van der Waals surface area contributed by atoms with Crippen LogP contribution in [0.25, 0.3) is 12.2 Å². The number of hydrogen-bond donors (Lipinski definition) is 0. The molecule has 0 radical (unpaired) electrons. The van der Waals surface area contributed by atoms with E-state index in [1.165, 1.54) is 22.0 Å². The maximum Gasteiger partial charge on any atom is 0.269 e. The minimum absolute atomic E-state index is 0.0832. The van der Waals surface area contributed by atoms with E-state index in [1.54, 1.807) is 30.3 Å². The number of Topliss-reactive ketones (excluding diaryl/α,β-unsaturated/α-hetero) is 1. The van der Waals surface area contributed by atoms with Crippen LogP contribution in [-0.4, -0.2) is 34.2 Å². The molecule has 2 heterocycles. The molecule has 5 nitrogen and oxygen atoms in total. The van der Waals surface area contributed by atoms with Crippen molar-refractivity contribution < 1.29 is 9.59 Å². The molecule has 2 aromatic carbocycles. The quantitative estimate of drug-likeness (QED) is 0.509. The minimum atomic E-state index is -0.269. The summed E-state index contributed by atoms with van der Waals surface area (Å²) in [6, 6.07) is 14.5. The number of piperidine rings is 1. The van der Waals surface area contributed by atoms with Gasteiger partial charge in [0.25, 0.3) is 5.56 Å². The zero-order valence-corrected chi connectivity index (χ0v) is 20.9. The molecule has 3 aromatic rings. The van der Waals surface area contributed by atoms with Gasteiger partial charge in [0.2, 0.25) is 5.91 Å². The van der Waals surface area contributed by atoms with Gasteiger partial charge in [-0.2, -0.15) is 0 Å². The highest BCUT2D eigenvalue weighted by molar-refractivity contribution is 7.07. The monoisotopic (exact) mass is 494 g/mol. The van der Waals surface area contributed by atoms with Crippen molar-refractivity contribution >= 4 is 46.8 Å². The fourth-order valence-electron chi connectivity index (χ4n) is 3.94. The van der Waals surface area contributed by atoms with Crippen LogP contribution in [0.15, 0.2) is 53.3 Å². The highest BCUT2D eigenvalue weighted by atomic mass is 35.5. The number of benzene rings is 2. The van der Waals surface area contributed by atoms with Gasteiger partial charge in [-0.05, 0) is 49.5 Å². The first kappa shape index (κ1) is 24.2. The molecule has 0 saturated carbocycles. The number of amides is 1. The summed E-state index contributed by atoms with van der Waals surface area (Å²) in [6.45, 7) is 5.50. The summed E-state index contributed by atoms with van der Waals surface area (Å²) in [6.07, 6.45) is 5.15. The van der Waals surface area contributed by atoms with Crippen LogP contribution in [0.5, 0.6) is 0 Å². The molecular formula is C27H27ClN2O3S. The van der Waals surface area contributed by atoms with Gasteiger partial charge in [-0.3, -0.25) is 19.0 Å². The number of ketones is 1. The van der Waals surface area contributed by atoms with Gasteiger partial charge in [0.1, 0.15) is 11.2 Å². The first-order chi connectivity index (χ1) is 16.3. The fourth-order valence-corrected chi connectivity index (χ4v) is 5.17. The van der Waals surface area contributed by atoms with Crippen molar-refractivity contribution in [3.63, 3.8) is 0 Å². The topological polar surface area (TPSA) is 59.4 Å². The molecular weight excluding hydrogens is 468 g/mol. The van der Waals surface area contributed by atoms with E-state index in [9.17, 15) is 14.4 Å². The Morgan fingerprint density at radius 2 is 1.82 bits per heavy atom. The van der Waals surface area contributed by atoms with Crippen LogP contribution in [0.1, 0.15) is 41.3 Å². The molecule has 0 spiro atoms. The van der Waals surface area contributed by atoms with Crippen LogP contribution in [0.3, 0.4) is 0 Å². The van der Waals surface area contributed by atoms with E-state index in [0.29, 0.717) is 38.8 Å². The molecule has 1 aliphatic heterocycles. The lowest BCUT2D eigenvalue weighted by Gasteiger charge is -2.30. The van der Waals surface area contributed by atoms with Crippen LogP contribution in [0.4, 0.5) is 0 Å².